The Morgan fingerprint density at radius 1 is 1.24 bits per heavy atom. The van der Waals surface area contributed by atoms with Crippen molar-refractivity contribution in [1.29, 1.82) is 0 Å². The highest BCUT2D eigenvalue weighted by Crippen LogP contribution is 2.38. The van der Waals surface area contributed by atoms with E-state index in [0.717, 1.165) is 41.1 Å². The Morgan fingerprint density at radius 2 is 1.97 bits per heavy atom. The number of nitrogens with zero attached hydrogens (tertiary/aromatic N) is 3. The normalized spacial score (nSPS) is 11.3. The third kappa shape index (κ3) is 4.26. The smallest absolute Gasteiger partial charge is 0.208 e. The number of aryl methyl sites for hydroxylation is 2. The zero-order chi connectivity index (χ0) is 21.3. The first-order chi connectivity index (χ1) is 13.8. The molecule has 0 spiro atoms. The molecular formula is C22H28Cl2N4O. The van der Waals surface area contributed by atoms with E-state index in [4.69, 9.17) is 32.9 Å². The number of halogens is 2. The Hall–Kier alpha value is -2.11. The summed E-state index contributed by atoms with van der Waals surface area (Å²) in [6.07, 6.45) is 0. The largest absolute Gasteiger partial charge is 0.495 e. The molecule has 5 nitrogen and oxygen atoms in total. The minimum atomic E-state index is 0.549. The number of imidazole rings is 1. The monoisotopic (exact) mass is 434 g/mol. The fraction of sp³-hybridized carbons (Fsp3) is 0.409. The summed E-state index contributed by atoms with van der Waals surface area (Å²) in [6, 6.07) is 7.69. The van der Waals surface area contributed by atoms with Crippen LogP contribution < -0.4 is 15.0 Å². The van der Waals surface area contributed by atoms with Crippen LogP contribution in [-0.4, -0.2) is 29.8 Å². The van der Waals surface area contributed by atoms with Gasteiger partial charge in [0, 0.05) is 31.2 Å². The number of methoxy groups -OCH3 is 1. The molecule has 0 unspecified atom stereocenters. The van der Waals surface area contributed by atoms with Gasteiger partial charge in [0.05, 0.1) is 29.0 Å². The molecule has 0 aliphatic rings. The van der Waals surface area contributed by atoms with Gasteiger partial charge in [-0.3, -0.25) is 0 Å². The van der Waals surface area contributed by atoms with Crippen molar-refractivity contribution in [2.24, 2.45) is 13.0 Å². The molecule has 0 fully saturated rings. The average Bonchev–Trinajstić information content (AvgIpc) is 2.99. The van der Waals surface area contributed by atoms with Gasteiger partial charge in [0.2, 0.25) is 5.95 Å². The average molecular weight is 435 g/mol. The van der Waals surface area contributed by atoms with Gasteiger partial charge >= 0.3 is 0 Å². The van der Waals surface area contributed by atoms with Gasteiger partial charge in [-0.05, 0) is 43.5 Å². The summed E-state index contributed by atoms with van der Waals surface area (Å²) in [7, 11) is 3.63. The first kappa shape index (κ1) is 21.6. The molecule has 3 aromatic rings. The van der Waals surface area contributed by atoms with Gasteiger partial charge in [-0.25, -0.2) is 4.98 Å². The van der Waals surface area contributed by atoms with Crippen LogP contribution >= 0.6 is 23.2 Å². The molecule has 2 aromatic carbocycles. The van der Waals surface area contributed by atoms with E-state index in [2.05, 4.69) is 37.1 Å². The van der Waals surface area contributed by atoms with Crippen LogP contribution in [0.15, 0.2) is 24.3 Å². The molecule has 3 rings (SSSR count). The summed E-state index contributed by atoms with van der Waals surface area (Å²) >= 11 is 12.7. The van der Waals surface area contributed by atoms with Crippen molar-refractivity contribution in [3.05, 3.63) is 39.9 Å². The molecular weight excluding hydrogens is 407 g/mol. The SMILES string of the molecule is CCN(CC(C)C)c1ccc(Cl)c2nc(Nc3c(C)cc(Cl)cc3OC)n(C)c12. The van der Waals surface area contributed by atoms with Gasteiger partial charge in [0.25, 0.3) is 0 Å². The van der Waals surface area contributed by atoms with Crippen LogP contribution in [0, 0.1) is 12.8 Å². The van der Waals surface area contributed by atoms with Crippen LogP contribution in [0.5, 0.6) is 5.75 Å². The highest BCUT2D eigenvalue weighted by molar-refractivity contribution is 6.35. The highest BCUT2D eigenvalue weighted by atomic mass is 35.5. The molecule has 1 N–H and O–H groups in total. The minimum absolute atomic E-state index is 0.549. The number of hydrogen-bond acceptors (Lipinski definition) is 4. The summed E-state index contributed by atoms with van der Waals surface area (Å²) in [4.78, 5) is 7.17. The van der Waals surface area contributed by atoms with Gasteiger partial charge in [-0.2, -0.15) is 0 Å². The fourth-order valence-electron chi connectivity index (χ4n) is 3.62. The predicted molar refractivity (Wildman–Crippen MR) is 124 cm³/mol. The van der Waals surface area contributed by atoms with E-state index in [-0.39, 0.29) is 0 Å². The lowest BCUT2D eigenvalue weighted by Crippen LogP contribution is -2.27. The molecule has 156 valence electrons. The topological polar surface area (TPSA) is 42.3 Å². The third-order valence-electron chi connectivity index (χ3n) is 4.98. The molecule has 1 heterocycles. The third-order valence-corrected chi connectivity index (χ3v) is 5.50. The Morgan fingerprint density at radius 3 is 2.59 bits per heavy atom. The molecule has 0 aliphatic carbocycles. The lowest BCUT2D eigenvalue weighted by molar-refractivity contribution is 0.416. The molecule has 0 saturated heterocycles. The summed E-state index contributed by atoms with van der Waals surface area (Å²) < 4.78 is 7.57. The molecule has 1 aromatic heterocycles. The summed E-state index contributed by atoms with van der Waals surface area (Å²) in [6.45, 7) is 10.5. The molecule has 0 radical (unpaired) electrons. The van der Waals surface area contributed by atoms with E-state index < -0.39 is 0 Å². The van der Waals surface area contributed by atoms with Crippen molar-refractivity contribution in [1.82, 2.24) is 9.55 Å². The van der Waals surface area contributed by atoms with Crippen molar-refractivity contribution >= 4 is 51.6 Å². The first-order valence-corrected chi connectivity index (χ1v) is 10.5. The molecule has 7 heteroatoms. The van der Waals surface area contributed by atoms with Gasteiger partial charge in [0.15, 0.2) is 0 Å². The van der Waals surface area contributed by atoms with Crippen LogP contribution in [0.3, 0.4) is 0 Å². The van der Waals surface area contributed by atoms with Crippen LogP contribution in [0.25, 0.3) is 11.0 Å². The maximum absolute atomic E-state index is 6.52. The summed E-state index contributed by atoms with van der Waals surface area (Å²) in [5, 5.41) is 4.68. The van der Waals surface area contributed by atoms with Gasteiger partial charge in [0.1, 0.15) is 11.3 Å². The maximum Gasteiger partial charge on any atom is 0.208 e. The van der Waals surface area contributed by atoms with Gasteiger partial charge < -0.3 is 19.5 Å². The lowest BCUT2D eigenvalue weighted by atomic mass is 10.1. The fourth-order valence-corrected chi connectivity index (χ4v) is 4.08. The Labute approximate surface area is 182 Å². The minimum Gasteiger partial charge on any atom is -0.495 e. The van der Waals surface area contributed by atoms with E-state index in [9.17, 15) is 0 Å². The van der Waals surface area contributed by atoms with E-state index in [0.29, 0.717) is 27.7 Å². The van der Waals surface area contributed by atoms with E-state index >= 15 is 0 Å². The number of fused-ring (bicyclic) bond motifs is 1. The standard InChI is InChI=1S/C22H28Cl2N4O/c1-7-28(12-13(2)3)17-9-8-16(24)20-21(17)27(5)22(26-20)25-19-14(4)10-15(23)11-18(19)29-6/h8-11,13H,7,12H2,1-6H3,(H,25,26). The number of ether oxygens (including phenoxy) is 1. The van der Waals surface area contributed by atoms with Crippen molar-refractivity contribution in [2.75, 3.05) is 30.4 Å². The number of hydrogen-bond donors (Lipinski definition) is 1. The van der Waals surface area contributed by atoms with E-state index in [1.165, 1.54) is 0 Å². The van der Waals surface area contributed by atoms with Crippen LogP contribution in [0.4, 0.5) is 17.3 Å². The predicted octanol–water partition coefficient (Wildman–Crippen LogP) is 6.42. The van der Waals surface area contributed by atoms with Crippen LogP contribution in [-0.2, 0) is 7.05 Å². The van der Waals surface area contributed by atoms with Gasteiger partial charge in [-0.15, -0.1) is 0 Å². The summed E-state index contributed by atoms with van der Waals surface area (Å²) in [5.74, 6) is 1.91. The van der Waals surface area contributed by atoms with E-state index in [1.54, 1.807) is 13.2 Å². The Bertz CT molecular complexity index is 1030. The van der Waals surface area contributed by atoms with Crippen molar-refractivity contribution in [2.45, 2.75) is 27.7 Å². The first-order valence-electron chi connectivity index (χ1n) is 9.77. The second-order valence-corrected chi connectivity index (χ2v) is 8.46. The molecule has 0 saturated carbocycles. The molecule has 0 atom stereocenters. The van der Waals surface area contributed by atoms with Gasteiger partial charge in [-0.1, -0.05) is 37.0 Å². The van der Waals surface area contributed by atoms with Crippen LogP contribution in [0.2, 0.25) is 10.0 Å². The maximum atomic E-state index is 6.52. The second-order valence-electron chi connectivity index (χ2n) is 7.62. The number of benzene rings is 2. The molecule has 0 aliphatic heterocycles. The molecule has 0 amide bonds. The summed E-state index contributed by atoms with van der Waals surface area (Å²) in [5.41, 5.74) is 4.73. The van der Waals surface area contributed by atoms with Crippen molar-refractivity contribution in [3.8, 4) is 5.75 Å². The van der Waals surface area contributed by atoms with Crippen LogP contribution in [0.1, 0.15) is 26.3 Å². The van der Waals surface area contributed by atoms with E-state index in [1.807, 2.05) is 30.7 Å². The molecule has 0 bridgehead atoms. The zero-order valence-electron chi connectivity index (χ0n) is 17.8. The van der Waals surface area contributed by atoms with Crippen molar-refractivity contribution in [3.63, 3.8) is 0 Å². The Balaban J connectivity index is 2.14. The Kier molecular flexibility index (Phi) is 6.49. The number of rotatable bonds is 7. The lowest BCUT2D eigenvalue weighted by Gasteiger charge is -2.26. The second kappa shape index (κ2) is 8.72. The quantitative estimate of drug-likeness (QED) is 0.465. The highest BCUT2D eigenvalue weighted by Gasteiger charge is 2.20. The number of aromatic nitrogens is 2. The number of nitrogens with one attached hydrogen (secondary N) is 1. The zero-order valence-corrected chi connectivity index (χ0v) is 19.3. The molecule has 29 heavy (non-hydrogen) atoms. The number of anilines is 3. The van der Waals surface area contributed by atoms with Crippen molar-refractivity contribution < 1.29 is 4.74 Å².